The number of aromatic carboxylic acids is 1. The molecule has 1 heterocycles. The molecule has 0 aliphatic carbocycles. The van der Waals surface area contributed by atoms with Gasteiger partial charge < -0.3 is 10.0 Å². The summed E-state index contributed by atoms with van der Waals surface area (Å²) in [5, 5.41) is 9.12. The van der Waals surface area contributed by atoms with Gasteiger partial charge in [-0.05, 0) is 43.9 Å². The Balaban J connectivity index is 2.46. The maximum absolute atomic E-state index is 12.5. The Kier molecular flexibility index (Phi) is 5.42. The van der Waals surface area contributed by atoms with E-state index in [0.717, 1.165) is 32.4 Å². The molecule has 22 heavy (non-hydrogen) atoms. The zero-order valence-corrected chi connectivity index (χ0v) is 13.5. The standard InChI is InChI=1S/C15H22N2O4S/c1-2-8-16-22(20,21)14-11-12(15(18)19)6-7-13(14)17-9-4-3-5-10-17/h6-7,11,16H,2-5,8-10H2,1H3,(H,18,19). The molecule has 0 atom stereocenters. The van der Waals surface area contributed by atoms with E-state index in [1.54, 1.807) is 6.07 Å². The van der Waals surface area contributed by atoms with E-state index in [1.165, 1.54) is 12.1 Å². The molecular formula is C15H22N2O4S. The minimum atomic E-state index is -3.71. The van der Waals surface area contributed by atoms with Crippen molar-refractivity contribution in [1.82, 2.24) is 4.72 Å². The summed E-state index contributed by atoms with van der Waals surface area (Å²) in [5.41, 5.74) is 0.575. The first-order valence-electron chi connectivity index (χ1n) is 7.57. The summed E-state index contributed by atoms with van der Waals surface area (Å²) in [5.74, 6) is -1.13. The van der Waals surface area contributed by atoms with Crippen molar-refractivity contribution in [3.05, 3.63) is 23.8 Å². The number of benzene rings is 1. The van der Waals surface area contributed by atoms with E-state index >= 15 is 0 Å². The summed E-state index contributed by atoms with van der Waals surface area (Å²) >= 11 is 0. The Morgan fingerprint density at radius 1 is 1.27 bits per heavy atom. The highest BCUT2D eigenvalue weighted by atomic mass is 32.2. The molecule has 0 aromatic heterocycles. The lowest BCUT2D eigenvalue weighted by Gasteiger charge is -2.30. The topological polar surface area (TPSA) is 86.7 Å². The van der Waals surface area contributed by atoms with Crippen LogP contribution in [-0.4, -0.2) is 39.1 Å². The molecule has 2 rings (SSSR count). The number of carboxylic acids is 1. The van der Waals surface area contributed by atoms with Crippen molar-refractivity contribution >= 4 is 21.7 Å². The van der Waals surface area contributed by atoms with Crippen molar-refractivity contribution in [1.29, 1.82) is 0 Å². The van der Waals surface area contributed by atoms with E-state index in [-0.39, 0.29) is 10.5 Å². The molecule has 0 saturated carbocycles. The van der Waals surface area contributed by atoms with Gasteiger partial charge in [-0.3, -0.25) is 0 Å². The van der Waals surface area contributed by atoms with Gasteiger partial charge in [0.2, 0.25) is 10.0 Å². The molecule has 0 bridgehead atoms. The number of rotatable bonds is 6. The second kappa shape index (κ2) is 7.11. The molecule has 0 amide bonds. The predicted molar refractivity (Wildman–Crippen MR) is 84.9 cm³/mol. The molecular weight excluding hydrogens is 304 g/mol. The molecule has 1 aromatic rings. The van der Waals surface area contributed by atoms with E-state index in [0.29, 0.717) is 18.7 Å². The maximum atomic E-state index is 12.5. The fourth-order valence-corrected chi connectivity index (χ4v) is 3.96. The number of hydrogen-bond donors (Lipinski definition) is 2. The molecule has 0 spiro atoms. The highest BCUT2D eigenvalue weighted by Gasteiger charge is 2.24. The maximum Gasteiger partial charge on any atom is 0.335 e. The number of carboxylic acid groups (broad SMARTS) is 1. The van der Waals surface area contributed by atoms with Crippen molar-refractivity contribution in [3.8, 4) is 0 Å². The van der Waals surface area contributed by atoms with Crippen LogP contribution in [0.4, 0.5) is 5.69 Å². The van der Waals surface area contributed by atoms with Gasteiger partial charge in [0.1, 0.15) is 4.90 Å². The molecule has 1 saturated heterocycles. The zero-order chi connectivity index (χ0) is 16.2. The van der Waals surface area contributed by atoms with Gasteiger partial charge >= 0.3 is 5.97 Å². The number of hydrogen-bond acceptors (Lipinski definition) is 4. The number of sulfonamides is 1. The lowest BCUT2D eigenvalue weighted by molar-refractivity contribution is 0.0696. The highest BCUT2D eigenvalue weighted by molar-refractivity contribution is 7.89. The van der Waals surface area contributed by atoms with Crippen LogP contribution in [0.3, 0.4) is 0 Å². The molecule has 0 radical (unpaired) electrons. The first-order valence-corrected chi connectivity index (χ1v) is 9.06. The summed E-state index contributed by atoms with van der Waals surface area (Å²) < 4.78 is 27.5. The minimum Gasteiger partial charge on any atom is -0.478 e. The zero-order valence-electron chi connectivity index (χ0n) is 12.7. The first kappa shape index (κ1) is 16.8. The van der Waals surface area contributed by atoms with Crippen LogP contribution in [0.25, 0.3) is 0 Å². The highest BCUT2D eigenvalue weighted by Crippen LogP contribution is 2.29. The second-order valence-corrected chi connectivity index (χ2v) is 7.17. The van der Waals surface area contributed by atoms with Crippen molar-refractivity contribution in [2.24, 2.45) is 0 Å². The molecule has 6 nitrogen and oxygen atoms in total. The van der Waals surface area contributed by atoms with Crippen LogP contribution in [0.5, 0.6) is 0 Å². The Morgan fingerprint density at radius 3 is 2.55 bits per heavy atom. The van der Waals surface area contributed by atoms with Gasteiger partial charge in [-0.25, -0.2) is 17.9 Å². The van der Waals surface area contributed by atoms with Gasteiger partial charge in [-0.2, -0.15) is 0 Å². The van der Waals surface area contributed by atoms with Crippen LogP contribution < -0.4 is 9.62 Å². The second-order valence-electron chi connectivity index (χ2n) is 5.43. The molecule has 1 aliphatic heterocycles. The van der Waals surface area contributed by atoms with Crippen LogP contribution in [-0.2, 0) is 10.0 Å². The summed E-state index contributed by atoms with van der Waals surface area (Å²) in [6.07, 6.45) is 3.85. The summed E-state index contributed by atoms with van der Waals surface area (Å²) in [6.45, 7) is 3.80. The fourth-order valence-electron chi connectivity index (χ4n) is 2.57. The third-order valence-electron chi connectivity index (χ3n) is 3.74. The largest absolute Gasteiger partial charge is 0.478 e. The average Bonchev–Trinajstić information content (AvgIpc) is 2.53. The van der Waals surface area contributed by atoms with E-state index in [4.69, 9.17) is 5.11 Å². The monoisotopic (exact) mass is 326 g/mol. The molecule has 122 valence electrons. The summed E-state index contributed by atoms with van der Waals surface area (Å²) in [4.78, 5) is 13.2. The van der Waals surface area contributed by atoms with E-state index in [2.05, 4.69) is 4.72 Å². The Bertz CT molecular complexity index is 637. The van der Waals surface area contributed by atoms with Crippen molar-refractivity contribution < 1.29 is 18.3 Å². The van der Waals surface area contributed by atoms with E-state index in [1.807, 2.05) is 11.8 Å². The average molecular weight is 326 g/mol. The normalized spacial score (nSPS) is 15.8. The molecule has 1 aliphatic rings. The smallest absolute Gasteiger partial charge is 0.335 e. The van der Waals surface area contributed by atoms with Crippen molar-refractivity contribution in [2.45, 2.75) is 37.5 Å². The van der Waals surface area contributed by atoms with Gasteiger partial charge in [0.25, 0.3) is 0 Å². The Hall–Kier alpha value is -1.60. The third kappa shape index (κ3) is 3.78. The number of anilines is 1. The Morgan fingerprint density at radius 2 is 1.95 bits per heavy atom. The minimum absolute atomic E-state index is 0.0161. The molecule has 2 N–H and O–H groups in total. The first-order chi connectivity index (χ1) is 10.5. The van der Waals surface area contributed by atoms with E-state index in [9.17, 15) is 13.2 Å². The predicted octanol–water partition coefficient (Wildman–Crippen LogP) is 2.06. The van der Waals surface area contributed by atoms with Crippen molar-refractivity contribution in [3.63, 3.8) is 0 Å². The third-order valence-corrected chi connectivity index (χ3v) is 5.23. The number of nitrogens with one attached hydrogen (secondary N) is 1. The summed E-state index contributed by atoms with van der Waals surface area (Å²) in [6, 6.07) is 4.32. The van der Waals surface area contributed by atoms with E-state index < -0.39 is 16.0 Å². The van der Waals surface area contributed by atoms with Crippen molar-refractivity contribution in [2.75, 3.05) is 24.5 Å². The van der Waals surface area contributed by atoms with Crippen LogP contribution in [0.2, 0.25) is 0 Å². The van der Waals surface area contributed by atoms with Gasteiger partial charge in [0.15, 0.2) is 0 Å². The number of piperidine rings is 1. The van der Waals surface area contributed by atoms with Crippen LogP contribution in [0, 0.1) is 0 Å². The summed E-state index contributed by atoms with van der Waals surface area (Å²) in [7, 11) is -3.71. The molecule has 1 aromatic carbocycles. The quantitative estimate of drug-likeness (QED) is 0.835. The number of nitrogens with zero attached hydrogens (tertiary/aromatic N) is 1. The van der Waals surface area contributed by atoms with Gasteiger partial charge in [0, 0.05) is 19.6 Å². The molecule has 0 unspecified atom stereocenters. The van der Waals surface area contributed by atoms with Gasteiger partial charge in [-0.15, -0.1) is 0 Å². The molecule has 1 fully saturated rings. The SMILES string of the molecule is CCCNS(=O)(=O)c1cc(C(=O)O)ccc1N1CCCCC1. The fraction of sp³-hybridized carbons (Fsp3) is 0.533. The van der Waals surface area contributed by atoms with Gasteiger partial charge in [0.05, 0.1) is 11.3 Å². The lowest BCUT2D eigenvalue weighted by atomic mass is 10.1. The Labute approximate surface area is 131 Å². The lowest BCUT2D eigenvalue weighted by Crippen LogP contribution is -2.33. The molecule has 7 heteroatoms. The van der Waals surface area contributed by atoms with Gasteiger partial charge in [-0.1, -0.05) is 6.92 Å². The van der Waals surface area contributed by atoms with Crippen LogP contribution >= 0.6 is 0 Å². The van der Waals surface area contributed by atoms with Crippen LogP contribution in [0.1, 0.15) is 43.0 Å². The van der Waals surface area contributed by atoms with Crippen LogP contribution in [0.15, 0.2) is 23.1 Å². The number of carbonyl (C=O) groups is 1.